The molecule has 19 heavy (non-hydrogen) atoms. The molecule has 1 aromatic rings. The molecule has 5 nitrogen and oxygen atoms in total. The Morgan fingerprint density at radius 1 is 1.11 bits per heavy atom. The van der Waals surface area contributed by atoms with Gasteiger partial charge in [0.05, 0.1) is 5.57 Å². The second-order valence-electron chi connectivity index (χ2n) is 4.28. The lowest BCUT2D eigenvalue weighted by Gasteiger charge is -2.16. The molecule has 1 aromatic carbocycles. The summed E-state index contributed by atoms with van der Waals surface area (Å²) >= 11 is 4.98. The molecule has 0 atom stereocenters. The van der Waals surface area contributed by atoms with Crippen molar-refractivity contribution in [2.45, 2.75) is 0 Å². The molecule has 0 unspecified atom stereocenters. The molecular formula is C13H13N3O2S. The number of nitrogens with zero attached hydrogens (tertiary/aromatic N) is 1. The number of hydrogen-bond acceptors (Lipinski definition) is 4. The van der Waals surface area contributed by atoms with Gasteiger partial charge in [-0.05, 0) is 23.8 Å². The van der Waals surface area contributed by atoms with Crippen molar-refractivity contribution in [3.8, 4) is 0 Å². The van der Waals surface area contributed by atoms with E-state index < -0.39 is 11.9 Å². The Kier molecular flexibility index (Phi) is 3.62. The van der Waals surface area contributed by atoms with Crippen molar-refractivity contribution in [1.82, 2.24) is 10.6 Å². The van der Waals surface area contributed by atoms with Gasteiger partial charge < -0.3 is 4.90 Å². The summed E-state index contributed by atoms with van der Waals surface area (Å²) in [5.74, 6) is -0.481. The molecular weight excluding hydrogens is 262 g/mol. The Morgan fingerprint density at radius 2 is 1.74 bits per heavy atom. The van der Waals surface area contributed by atoms with Gasteiger partial charge in [-0.1, -0.05) is 24.4 Å². The fraction of sp³-hybridized carbons (Fsp3) is 0.154. The lowest BCUT2D eigenvalue weighted by atomic mass is 10.1. The summed E-state index contributed by atoms with van der Waals surface area (Å²) in [6.07, 6.45) is 1.65. The molecule has 1 saturated heterocycles. The van der Waals surface area contributed by atoms with Gasteiger partial charge in [-0.3, -0.25) is 15.4 Å². The number of thiocarbonyl (C=S) groups is 1. The van der Waals surface area contributed by atoms with Crippen LogP contribution in [0.3, 0.4) is 0 Å². The SMILES string of the molecule is CN(C)c1ccc(/C=C2\C(=O)NC(=O)NC2=S)cc1. The summed E-state index contributed by atoms with van der Waals surface area (Å²) < 4.78 is 0. The zero-order valence-electron chi connectivity index (χ0n) is 10.6. The molecule has 1 heterocycles. The maximum atomic E-state index is 11.7. The zero-order chi connectivity index (χ0) is 14.0. The quantitative estimate of drug-likeness (QED) is 0.631. The van der Waals surface area contributed by atoms with Crippen LogP contribution in [0.4, 0.5) is 10.5 Å². The van der Waals surface area contributed by atoms with Gasteiger partial charge in [0, 0.05) is 19.8 Å². The van der Waals surface area contributed by atoms with E-state index in [1.165, 1.54) is 0 Å². The summed E-state index contributed by atoms with van der Waals surface area (Å²) in [7, 11) is 3.90. The van der Waals surface area contributed by atoms with Crippen molar-refractivity contribution in [2.75, 3.05) is 19.0 Å². The molecule has 0 radical (unpaired) electrons. The van der Waals surface area contributed by atoms with Crippen molar-refractivity contribution < 1.29 is 9.59 Å². The first kappa shape index (κ1) is 13.2. The number of carbonyl (C=O) groups is 2. The molecule has 2 N–H and O–H groups in total. The lowest BCUT2D eigenvalue weighted by Crippen LogP contribution is -2.50. The molecule has 98 valence electrons. The second kappa shape index (κ2) is 5.19. The average molecular weight is 275 g/mol. The molecule has 0 aromatic heterocycles. The number of benzene rings is 1. The van der Waals surface area contributed by atoms with Gasteiger partial charge >= 0.3 is 6.03 Å². The third-order valence-electron chi connectivity index (χ3n) is 2.66. The van der Waals surface area contributed by atoms with Crippen LogP contribution in [-0.4, -0.2) is 31.0 Å². The molecule has 0 spiro atoms. The Bertz CT molecular complexity index is 554. The van der Waals surface area contributed by atoms with Crippen LogP contribution < -0.4 is 15.5 Å². The zero-order valence-corrected chi connectivity index (χ0v) is 11.4. The van der Waals surface area contributed by atoms with Crippen LogP contribution in [0.15, 0.2) is 29.8 Å². The number of amides is 3. The minimum absolute atomic E-state index is 0.144. The number of carbonyl (C=O) groups excluding carboxylic acids is 2. The number of hydrogen-bond donors (Lipinski definition) is 2. The number of nitrogens with one attached hydrogen (secondary N) is 2. The highest BCUT2D eigenvalue weighted by atomic mass is 32.1. The predicted octanol–water partition coefficient (Wildman–Crippen LogP) is 1.30. The standard InChI is InChI=1S/C13H13N3O2S/c1-16(2)9-5-3-8(4-6-9)7-10-11(17)14-13(18)15-12(10)19/h3-7H,1-2H3,(H2,14,15,17,18,19)/b10-7+. The molecule has 1 aliphatic rings. The van der Waals surface area contributed by atoms with Gasteiger partial charge in [0.25, 0.3) is 5.91 Å². The first-order chi connectivity index (χ1) is 8.97. The lowest BCUT2D eigenvalue weighted by molar-refractivity contribution is -0.116. The van der Waals surface area contributed by atoms with E-state index in [9.17, 15) is 9.59 Å². The molecule has 6 heteroatoms. The third kappa shape index (κ3) is 2.97. The molecule has 0 bridgehead atoms. The average Bonchev–Trinajstić information content (AvgIpc) is 2.34. The number of anilines is 1. The molecule has 2 rings (SSSR count). The summed E-state index contributed by atoms with van der Waals surface area (Å²) in [5.41, 5.74) is 2.19. The van der Waals surface area contributed by atoms with E-state index in [0.717, 1.165) is 11.3 Å². The van der Waals surface area contributed by atoms with Crippen molar-refractivity contribution in [3.05, 3.63) is 35.4 Å². The van der Waals surface area contributed by atoms with E-state index >= 15 is 0 Å². The normalized spacial score (nSPS) is 17.2. The van der Waals surface area contributed by atoms with Gasteiger partial charge in [-0.25, -0.2) is 4.79 Å². The summed E-state index contributed by atoms with van der Waals surface area (Å²) in [6.45, 7) is 0. The van der Waals surface area contributed by atoms with E-state index in [4.69, 9.17) is 12.2 Å². The number of urea groups is 1. The van der Waals surface area contributed by atoms with Crippen molar-refractivity contribution in [2.24, 2.45) is 0 Å². The van der Waals surface area contributed by atoms with Crippen molar-refractivity contribution in [3.63, 3.8) is 0 Å². The van der Waals surface area contributed by atoms with Crippen molar-refractivity contribution >= 4 is 40.9 Å². The minimum Gasteiger partial charge on any atom is -0.378 e. The second-order valence-corrected chi connectivity index (χ2v) is 4.69. The summed E-state index contributed by atoms with van der Waals surface area (Å²) in [4.78, 5) is 24.8. The van der Waals surface area contributed by atoms with Crippen LogP contribution in [0.2, 0.25) is 0 Å². The Morgan fingerprint density at radius 3 is 2.26 bits per heavy atom. The molecule has 0 saturated carbocycles. The third-order valence-corrected chi connectivity index (χ3v) is 2.99. The van der Waals surface area contributed by atoms with E-state index in [0.29, 0.717) is 0 Å². The fourth-order valence-corrected chi connectivity index (χ4v) is 1.89. The van der Waals surface area contributed by atoms with Gasteiger partial charge in [-0.15, -0.1) is 0 Å². The highest BCUT2D eigenvalue weighted by molar-refractivity contribution is 7.81. The smallest absolute Gasteiger partial charge is 0.326 e. The maximum Gasteiger partial charge on any atom is 0.326 e. The Hall–Kier alpha value is -2.21. The number of rotatable bonds is 2. The van der Waals surface area contributed by atoms with Crippen LogP contribution >= 0.6 is 12.2 Å². The highest BCUT2D eigenvalue weighted by Gasteiger charge is 2.24. The van der Waals surface area contributed by atoms with E-state index in [1.807, 2.05) is 43.3 Å². The molecule has 3 amide bonds. The van der Waals surface area contributed by atoms with Crippen LogP contribution in [-0.2, 0) is 4.79 Å². The Balaban J connectivity index is 2.27. The first-order valence-corrected chi connectivity index (χ1v) is 6.04. The molecule has 0 aliphatic carbocycles. The van der Waals surface area contributed by atoms with Crippen LogP contribution in [0.1, 0.15) is 5.56 Å². The van der Waals surface area contributed by atoms with Crippen LogP contribution in [0.25, 0.3) is 6.08 Å². The van der Waals surface area contributed by atoms with E-state index in [-0.39, 0.29) is 10.6 Å². The molecule has 1 fully saturated rings. The van der Waals surface area contributed by atoms with E-state index in [2.05, 4.69) is 10.6 Å². The van der Waals surface area contributed by atoms with E-state index in [1.54, 1.807) is 6.08 Å². The molecule has 1 aliphatic heterocycles. The van der Waals surface area contributed by atoms with Crippen LogP contribution in [0, 0.1) is 0 Å². The van der Waals surface area contributed by atoms with Crippen molar-refractivity contribution in [1.29, 1.82) is 0 Å². The van der Waals surface area contributed by atoms with Gasteiger partial charge in [-0.2, -0.15) is 0 Å². The van der Waals surface area contributed by atoms with Gasteiger partial charge in [0.2, 0.25) is 0 Å². The summed E-state index contributed by atoms with van der Waals surface area (Å²) in [6, 6.07) is 7.06. The topological polar surface area (TPSA) is 61.4 Å². The van der Waals surface area contributed by atoms with Gasteiger partial charge in [0.15, 0.2) is 0 Å². The maximum absolute atomic E-state index is 11.7. The van der Waals surface area contributed by atoms with Gasteiger partial charge in [0.1, 0.15) is 4.99 Å². The highest BCUT2D eigenvalue weighted by Crippen LogP contribution is 2.15. The fourth-order valence-electron chi connectivity index (χ4n) is 1.64. The monoisotopic (exact) mass is 275 g/mol. The Labute approximate surface area is 116 Å². The number of imide groups is 1. The predicted molar refractivity (Wildman–Crippen MR) is 78.0 cm³/mol. The first-order valence-electron chi connectivity index (χ1n) is 5.63. The largest absolute Gasteiger partial charge is 0.378 e. The minimum atomic E-state index is -0.588. The van der Waals surface area contributed by atoms with Crippen LogP contribution in [0.5, 0.6) is 0 Å². The summed E-state index contributed by atoms with van der Waals surface area (Å²) in [5, 5.41) is 4.55.